The van der Waals surface area contributed by atoms with E-state index in [1.54, 1.807) is 0 Å². The fourth-order valence-corrected chi connectivity index (χ4v) is 3.86. The SMILES string of the molecule is CNCC1(CN(C)CCS(C)(=O)=O)CCCCCC1. The summed E-state index contributed by atoms with van der Waals surface area (Å²) in [6, 6.07) is 0. The molecule has 0 aliphatic heterocycles. The zero-order valence-electron chi connectivity index (χ0n) is 12.7. The molecule has 0 bridgehead atoms. The third-order valence-electron chi connectivity index (χ3n) is 4.17. The van der Waals surface area contributed by atoms with Crippen molar-refractivity contribution in [3.63, 3.8) is 0 Å². The van der Waals surface area contributed by atoms with Crippen LogP contribution in [0.1, 0.15) is 38.5 Å². The molecule has 0 saturated heterocycles. The fourth-order valence-electron chi connectivity index (χ4n) is 3.22. The summed E-state index contributed by atoms with van der Waals surface area (Å²) in [7, 11) is 1.21. The van der Waals surface area contributed by atoms with Gasteiger partial charge in [-0.2, -0.15) is 0 Å². The summed E-state index contributed by atoms with van der Waals surface area (Å²) < 4.78 is 22.5. The van der Waals surface area contributed by atoms with E-state index in [2.05, 4.69) is 10.2 Å². The maximum atomic E-state index is 11.2. The number of rotatable bonds is 7. The molecule has 0 spiro atoms. The van der Waals surface area contributed by atoms with Gasteiger partial charge < -0.3 is 10.2 Å². The molecule has 0 aromatic heterocycles. The van der Waals surface area contributed by atoms with Gasteiger partial charge in [-0.05, 0) is 32.4 Å². The standard InChI is InChI=1S/C14H30N2O2S/c1-15-12-14(8-6-4-5-7-9-14)13-16(2)10-11-19(3,17)18/h15H,4-13H2,1-3H3. The first-order chi connectivity index (χ1) is 8.87. The highest BCUT2D eigenvalue weighted by Crippen LogP contribution is 2.35. The predicted octanol–water partition coefficient (Wildman–Crippen LogP) is 1.52. The van der Waals surface area contributed by atoms with E-state index in [0.717, 1.165) is 13.1 Å². The summed E-state index contributed by atoms with van der Waals surface area (Å²) in [5, 5.41) is 3.34. The number of hydrogen-bond donors (Lipinski definition) is 1. The van der Waals surface area contributed by atoms with Crippen LogP contribution in [0.5, 0.6) is 0 Å². The minimum atomic E-state index is -2.86. The lowest BCUT2D eigenvalue weighted by atomic mass is 9.79. The molecule has 1 saturated carbocycles. The Hall–Kier alpha value is -0.130. The van der Waals surface area contributed by atoms with Crippen molar-refractivity contribution in [2.45, 2.75) is 38.5 Å². The molecular formula is C14H30N2O2S. The fraction of sp³-hybridized carbons (Fsp3) is 1.00. The zero-order valence-corrected chi connectivity index (χ0v) is 13.6. The zero-order chi connectivity index (χ0) is 14.4. The highest BCUT2D eigenvalue weighted by molar-refractivity contribution is 7.90. The number of nitrogens with zero attached hydrogens (tertiary/aromatic N) is 1. The van der Waals surface area contributed by atoms with Gasteiger partial charge in [0.05, 0.1) is 5.75 Å². The number of nitrogens with one attached hydrogen (secondary N) is 1. The summed E-state index contributed by atoms with van der Waals surface area (Å²) >= 11 is 0. The molecule has 114 valence electrons. The quantitative estimate of drug-likeness (QED) is 0.722. The molecule has 0 atom stereocenters. The van der Waals surface area contributed by atoms with E-state index in [9.17, 15) is 8.42 Å². The molecule has 1 aliphatic rings. The maximum absolute atomic E-state index is 11.2. The van der Waals surface area contributed by atoms with Crippen molar-refractivity contribution in [3.8, 4) is 0 Å². The third-order valence-corrected chi connectivity index (χ3v) is 5.09. The van der Waals surface area contributed by atoms with Gasteiger partial charge in [0.15, 0.2) is 0 Å². The lowest BCUT2D eigenvalue weighted by molar-refractivity contribution is 0.153. The first-order valence-corrected chi connectivity index (χ1v) is 9.44. The Balaban J connectivity index is 2.56. The van der Waals surface area contributed by atoms with Crippen LogP contribution in [-0.4, -0.2) is 59.1 Å². The van der Waals surface area contributed by atoms with Gasteiger partial charge in [-0.1, -0.05) is 25.7 Å². The summed E-state index contributed by atoms with van der Waals surface area (Å²) in [4.78, 5) is 2.20. The molecule has 1 fully saturated rings. The van der Waals surface area contributed by atoms with Crippen LogP contribution in [0.3, 0.4) is 0 Å². The normalized spacial score (nSPS) is 20.4. The number of hydrogen-bond acceptors (Lipinski definition) is 4. The minimum absolute atomic E-state index is 0.263. The van der Waals surface area contributed by atoms with E-state index in [4.69, 9.17) is 0 Å². The highest BCUT2D eigenvalue weighted by Gasteiger charge is 2.31. The average Bonchev–Trinajstić information content (AvgIpc) is 2.52. The van der Waals surface area contributed by atoms with Gasteiger partial charge in [-0.3, -0.25) is 0 Å². The molecule has 1 N–H and O–H groups in total. The second-order valence-corrected chi connectivity index (χ2v) is 8.57. The van der Waals surface area contributed by atoms with Crippen LogP contribution in [0.4, 0.5) is 0 Å². The third kappa shape index (κ3) is 6.72. The van der Waals surface area contributed by atoms with Crippen molar-refractivity contribution < 1.29 is 8.42 Å². The lowest BCUT2D eigenvalue weighted by Crippen LogP contribution is -2.43. The van der Waals surface area contributed by atoms with Crippen LogP contribution >= 0.6 is 0 Å². The second-order valence-electron chi connectivity index (χ2n) is 6.31. The molecule has 0 amide bonds. The molecule has 1 aliphatic carbocycles. The molecule has 0 heterocycles. The van der Waals surface area contributed by atoms with E-state index in [1.807, 2.05) is 14.1 Å². The van der Waals surface area contributed by atoms with Gasteiger partial charge in [-0.15, -0.1) is 0 Å². The Labute approximate surface area is 118 Å². The summed E-state index contributed by atoms with van der Waals surface area (Å²) in [5.74, 6) is 0.263. The van der Waals surface area contributed by atoms with Gasteiger partial charge in [0.2, 0.25) is 0 Å². The topological polar surface area (TPSA) is 49.4 Å². The van der Waals surface area contributed by atoms with Crippen molar-refractivity contribution in [1.82, 2.24) is 10.2 Å². The highest BCUT2D eigenvalue weighted by atomic mass is 32.2. The van der Waals surface area contributed by atoms with Crippen LogP contribution in [0.25, 0.3) is 0 Å². The Morgan fingerprint density at radius 3 is 2.21 bits per heavy atom. The monoisotopic (exact) mass is 290 g/mol. The molecule has 0 aromatic carbocycles. The van der Waals surface area contributed by atoms with Crippen molar-refractivity contribution in [2.75, 3.05) is 45.7 Å². The molecule has 0 radical (unpaired) electrons. The predicted molar refractivity (Wildman–Crippen MR) is 81.3 cm³/mol. The Morgan fingerprint density at radius 1 is 1.16 bits per heavy atom. The van der Waals surface area contributed by atoms with E-state index < -0.39 is 9.84 Å². The summed E-state index contributed by atoms with van der Waals surface area (Å²) in [6.45, 7) is 2.68. The van der Waals surface area contributed by atoms with Crippen LogP contribution in [0.15, 0.2) is 0 Å². The van der Waals surface area contributed by atoms with E-state index in [1.165, 1.54) is 44.8 Å². The van der Waals surface area contributed by atoms with Gasteiger partial charge in [0.1, 0.15) is 9.84 Å². The molecule has 1 rings (SSSR count). The van der Waals surface area contributed by atoms with Crippen LogP contribution in [0, 0.1) is 5.41 Å². The first kappa shape index (κ1) is 16.9. The molecule has 0 unspecified atom stereocenters. The molecular weight excluding hydrogens is 260 g/mol. The smallest absolute Gasteiger partial charge is 0.148 e. The molecule has 19 heavy (non-hydrogen) atoms. The van der Waals surface area contributed by atoms with Crippen LogP contribution < -0.4 is 5.32 Å². The summed E-state index contributed by atoms with van der Waals surface area (Å²) in [5.41, 5.74) is 0.331. The first-order valence-electron chi connectivity index (χ1n) is 7.38. The lowest BCUT2D eigenvalue weighted by Gasteiger charge is -2.36. The van der Waals surface area contributed by atoms with Crippen molar-refractivity contribution in [3.05, 3.63) is 0 Å². The van der Waals surface area contributed by atoms with Gasteiger partial charge in [-0.25, -0.2) is 8.42 Å². The Bertz CT molecular complexity index is 346. The van der Waals surface area contributed by atoms with Crippen molar-refractivity contribution in [1.29, 1.82) is 0 Å². The van der Waals surface area contributed by atoms with E-state index in [0.29, 0.717) is 12.0 Å². The molecule has 4 nitrogen and oxygen atoms in total. The maximum Gasteiger partial charge on any atom is 0.148 e. The molecule has 0 aromatic rings. The summed E-state index contributed by atoms with van der Waals surface area (Å²) in [6.07, 6.45) is 9.14. The Morgan fingerprint density at radius 2 is 1.74 bits per heavy atom. The molecule has 5 heteroatoms. The van der Waals surface area contributed by atoms with Crippen molar-refractivity contribution in [2.24, 2.45) is 5.41 Å². The van der Waals surface area contributed by atoms with Gasteiger partial charge >= 0.3 is 0 Å². The minimum Gasteiger partial charge on any atom is -0.319 e. The van der Waals surface area contributed by atoms with Gasteiger partial charge in [0.25, 0.3) is 0 Å². The van der Waals surface area contributed by atoms with Crippen LogP contribution in [-0.2, 0) is 9.84 Å². The van der Waals surface area contributed by atoms with E-state index in [-0.39, 0.29) is 5.75 Å². The largest absolute Gasteiger partial charge is 0.319 e. The number of sulfone groups is 1. The van der Waals surface area contributed by atoms with Crippen molar-refractivity contribution >= 4 is 9.84 Å². The van der Waals surface area contributed by atoms with Crippen LogP contribution in [0.2, 0.25) is 0 Å². The Kier molecular flexibility index (Phi) is 6.77. The average molecular weight is 290 g/mol. The van der Waals surface area contributed by atoms with E-state index >= 15 is 0 Å². The second kappa shape index (κ2) is 7.60. The van der Waals surface area contributed by atoms with Gasteiger partial charge in [0, 0.05) is 25.9 Å².